The normalized spacial score (nSPS) is 29.3. The molecule has 0 spiro atoms. The number of anilines is 2. The average Bonchev–Trinajstić information content (AvgIpc) is 2.69. The van der Waals surface area contributed by atoms with Crippen LogP contribution in [-0.2, 0) is 0 Å². The Morgan fingerprint density at radius 1 is 1.21 bits per heavy atom. The summed E-state index contributed by atoms with van der Waals surface area (Å²) in [6, 6.07) is 1.41. The highest BCUT2D eigenvalue weighted by molar-refractivity contribution is 5.53. The van der Waals surface area contributed by atoms with Crippen LogP contribution in [0.25, 0.3) is 0 Å². The van der Waals surface area contributed by atoms with E-state index < -0.39 is 0 Å². The average molecular weight is 265 g/mol. The minimum Gasteiger partial charge on any atom is -0.381 e. The summed E-state index contributed by atoms with van der Waals surface area (Å²) in [6.07, 6.45) is 4.68. The minimum atomic E-state index is 0.403. The molecule has 6 heteroatoms. The predicted molar refractivity (Wildman–Crippen MR) is 74.7 cm³/mol. The lowest BCUT2D eigenvalue weighted by atomic mass is 9.80. The summed E-state index contributed by atoms with van der Waals surface area (Å²) >= 11 is 0. The van der Waals surface area contributed by atoms with E-state index >= 15 is 0 Å². The minimum absolute atomic E-state index is 0.403. The molecule has 2 fully saturated rings. The van der Waals surface area contributed by atoms with Gasteiger partial charge in [0.15, 0.2) is 5.82 Å². The van der Waals surface area contributed by atoms with Crippen molar-refractivity contribution in [3.05, 3.63) is 5.56 Å². The number of likely N-dealkylation sites (tertiary alicyclic amines) is 1. The summed E-state index contributed by atoms with van der Waals surface area (Å²) in [5.41, 5.74) is 12.6. The molecule has 0 amide bonds. The zero-order valence-electron chi connectivity index (χ0n) is 11.4. The van der Waals surface area contributed by atoms with Gasteiger partial charge in [0.05, 0.1) is 5.56 Å². The fraction of sp³-hybridized carbons (Fsp3) is 0.769. The molecule has 19 heavy (non-hydrogen) atoms. The first kappa shape index (κ1) is 12.7. The highest BCUT2D eigenvalue weighted by Gasteiger charge is 2.35. The molecule has 2 aliphatic rings. The number of hydrogen-bond acceptors (Lipinski definition) is 6. The summed E-state index contributed by atoms with van der Waals surface area (Å²) in [5, 5.41) is 7.07. The SMILES string of the molecule is CNC1CN(C2CCC(c3c(N)noc3N)CC2)C1. The molecular formula is C13H23N5O. The first-order valence-electron chi connectivity index (χ1n) is 7.11. The molecule has 106 valence electrons. The Kier molecular flexibility index (Phi) is 3.36. The number of rotatable bonds is 3. The number of nitrogens with one attached hydrogen (secondary N) is 1. The lowest BCUT2D eigenvalue weighted by Gasteiger charge is -2.46. The van der Waals surface area contributed by atoms with Crippen molar-refractivity contribution in [1.82, 2.24) is 15.4 Å². The van der Waals surface area contributed by atoms with Crippen molar-refractivity contribution >= 4 is 11.7 Å². The Bertz CT molecular complexity index is 413. The van der Waals surface area contributed by atoms with Gasteiger partial charge in [-0.3, -0.25) is 4.90 Å². The van der Waals surface area contributed by atoms with Crippen LogP contribution in [0.15, 0.2) is 4.52 Å². The zero-order valence-corrected chi connectivity index (χ0v) is 11.4. The largest absolute Gasteiger partial charge is 0.381 e. The standard InChI is InChI=1S/C13H23N5O/c1-16-9-6-18(7-9)10-4-2-8(3-5-10)11-12(14)17-19-13(11)15/h8-10,16H,2-7,15H2,1H3,(H2,14,17). The molecular weight excluding hydrogens is 242 g/mol. The Balaban J connectivity index is 1.55. The van der Waals surface area contributed by atoms with Crippen LogP contribution in [0.2, 0.25) is 0 Å². The molecule has 0 unspecified atom stereocenters. The summed E-state index contributed by atoms with van der Waals surface area (Å²) in [7, 11) is 2.04. The quantitative estimate of drug-likeness (QED) is 0.747. The lowest BCUT2D eigenvalue weighted by Crippen LogP contribution is -2.60. The van der Waals surface area contributed by atoms with E-state index in [0.717, 1.165) is 24.4 Å². The van der Waals surface area contributed by atoms with Gasteiger partial charge in [-0.1, -0.05) is 5.16 Å². The van der Waals surface area contributed by atoms with Gasteiger partial charge in [0.2, 0.25) is 5.88 Å². The highest BCUT2D eigenvalue weighted by atomic mass is 16.5. The molecule has 0 aromatic carbocycles. The van der Waals surface area contributed by atoms with E-state index in [9.17, 15) is 0 Å². The highest BCUT2D eigenvalue weighted by Crippen LogP contribution is 2.40. The molecule has 0 bridgehead atoms. The number of aromatic nitrogens is 1. The molecule has 1 saturated heterocycles. The number of likely N-dealkylation sites (N-methyl/N-ethyl adjacent to an activating group) is 1. The Hall–Kier alpha value is -1.27. The van der Waals surface area contributed by atoms with Gasteiger partial charge >= 0.3 is 0 Å². The molecule has 1 aromatic rings. The predicted octanol–water partition coefficient (Wildman–Crippen LogP) is 0.769. The van der Waals surface area contributed by atoms with Crippen molar-refractivity contribution in [1.29, 1.82) is 0 Å². The monoisotopic (exact) mass is 265 g/mol. The van der Waals surface area contributed by atoms with Crippen LogP contribution in [0.3, 0.4) is 0 Å². The molecule has 2 heterocycles. The third kappa shape index (κ3) is 2.30. The van der Waals surface area contributed by atoms with Crippen molar-refractivity contribution in [2.75, 3.05) is 31.6 Å². The van der Waals surface area contributed by atoms with Crippen molar-refractivity contribution in [2.24, 2.45) is 0 Å². The molecule has 6 nitrogen and oxygen atoms in total. The van der Waals surface area contributed by atoms with E-state index in [0.29, 0.717) is 23.7 Å². The van der Waals surface area contributed by atoms with Gasteiger partial charge in [-0.2, -0.15) is 0 Å². The van der Waals surface area contributed by atoms with Crippen LogP contribution in [0, 0.1) is 0 Å². The Morgan fingerprint density at radius 2 is 1.89 bits per heavy atom. The van der Waals surface area contributed by atoms with Gasteiger partial charge in [0.1, 0.15) is 0 Å². The van der Waals surface area contributed by atoms with Gasteiger partial charge < -0.3 is 21.3 Å². The molecule has 1 aromatic heterocycles. The molecule has 1 aliphatic heterocycles. The topological polar surface area (TPSA) is 93.3 Å². The van der Waals surface area contributed by atoms with Crippen LogP contribution < -0.4 is 16.8 Å². The maximum Gasteiger partial charge on any atom is 0.227 e. The van der Waals surface area contributed by atoms with Gasteiger partial charge in [0.25, 0.3) is 0 Å². The van der Waals surface area contributed by atoms with Crippen molar-refractivity contribution in [3.63, 3.8) is 0 Å². The molecule has 1 saturated carbocycles. The summed E-state index contributed by atoms with van der Waals surface area (Å²) in [6.45, 7) is 2.37. The van der Waals surface area contributed by atoms with Crippen molar-refractivity contribution in [2.45, 2.75) is 43.7 Å². The Labute approximate surface area is 113 Å². The van der Waals surface area contributed by atoms with Crippen LogP contribution in [-0.4, -0.2) is 42.3 Å². The maximum absolute atomic E-state index is 5.84. The van der Waals surface area contributed by atoms with Crippen molar-refractivity contribution < 1.29 is 4.52 Å². The molecule has 5 N–H and O–H groups in total. The van der Waals surface area contributed by atoms with E-state index in [2.05, 4.69) is 15.4 Å². The smallest absolute Gasteiger partial charge is 0.227 e. The molecule has 0 atom stereocenters. The second-order valence-electron chi connectivity index (χ2n) is 5.79. The van der Waals surface area contributed by atoms with E-state index in [-0.39, 0.29) is 0 Å². The Morgan fingerprint density at radius 3 is 2.42 bits per heavy atom. The summed E-state index contributed by atoms with van der Waals surface area (Å²) in [4.78, 5) is 2.58. The van der Waals surface area contributed by atoms with Gasteiger partial charge in [-0.25, -0.2) is 0 Å². The van der Waals surface area contributed by atoms with Crippen LogP contribution in [0.4, 0.5) is 11.7 Å². The first-order chi connectivity index (χ1) is 9.19. The van der Waals surface area contributed by atoms with Crippen LogP contribution in [0.1, 0.15) is 37.2 Å². The third-order valence-electron chi connectivity index (χ3n) is 4.72. The summed E-state index contributed by atoms with van der Waals surface area (Å²) < 4.78 is 4.97. The van der Waals surface area contributed by atoms with E-state index in [1.54, 1.807) is 0 Å². The van der Waals surface area contributed by atoms with E-state index in [1.165, 1.54) is 25.9 Å². The van der Waals surface area contributed by atoms with Crippen LogP contribution >= 0.6 is 0 Å². The van der Waals surface area contributed by atoms with Gasteiger partial charge in [-0.05, 0) is 38.6 Å². The number of nitrogens with zero attached hydrogens (tertiary/aromatic N) is 2. The van der Waals surface area contributed by atoms with Crippen molar-refractivity contribution in [3.8, 4) is 0 Å². The maximum atomic E-state index is 5.84. The third-order valence-corrected chi connectivity index (χ3v) is 4.72. The second-order valence-corrected chi connectivity index (χ2v) is 5.79. The summed E-state index contributed by atoms with van der Waals surface area (Å²) in [5.74, 6) is 1.30. The fourth-order valence-corrected chi connectivity index (χ4v) is 3.46. The lowest BCUT2D eigenvalue weighted by molar-refractivity contribution is 0.0563. The molecule has 0 radical (unpaired) electrons. The number of hydrogen-bond donors (Lipinski definition) is 3. The second kappa shape index (κ2) is 5.02. The van der Waals surface area contributed by atoms with E-state index in [1.807, 2.05) is 7.05 Å². The van der Waals surface area contributed by atoms with Gasteiger partial charge in [0, 0.05) is 25.2 Å². The molecule has 1 aliphatic carbocycles. The zero-order chi connectivity index (χ0) is 13.4. The van der Waals surface area contributed by atoms with Crippen LogP contribution in [0.5, 0.6) is 0 Å². The van der Waals surface area contributed by atoms with Gasteiger partial charge in [-0.15, -0.1) is 0 Å². The fourth-order valence-electron chi connectivity index (χ4n) is 3.46. The first-order valence-corrected chi connectivity index (χ1v) is 7.11. The number of nitrogens with two attached hydrogens (primary N) is 2. The number of nitrogen functional groups attached to an aromatic ring is 2. The van der Waals surface area contributed by atoms with E-state index in [4.69, 9.17) is 16.0 Å². The molecule has 3 rings (SSSR count).